The molecule has 0 aromatic rings. The predicted molar refractivity (Wildman–Crippen MR) is 55.9 cm³/mol. The molecule has 0 saturated carbocycles. The Morgan fingerprint density at radius 2 is 1.64 bits per heavy atom. The molecule has 0 bridgehead atoms. The summed E-state index contributed by atoms with van der Waals surface area (Å²) in [6.07, 6.45) is 0.0142. The van der Waals surface area contributed by atoms with Crippen LogP contribution < -0.4 is 5.73 Å². The summed E-state index contributed by atoms with van der Waals surface area (Å²) in [7, 11) is 3.11. The van der Waals surface area contributed by atoms with Crippen molar-refractivity contribution < 1.29 is 14.6 Å². The minimum atomic E-state index is -0.904. The number of rotatable bonds is 6. The fourth-order valence-electron chi connectivity index (χ4n) is 1.08. The van der Waals surface area contributed by atoms with E-state index in [1.54, 1.807) is 21.1 Å². The molecular formula is C10H23NO3. The second kappa shape index (κ2) is 5.07. The summed E-state index contributed by atoms with van der Waals surface area (Å²) in [5.41, 5.74) is 4.35. The highest BCUT2D eigenvalue weighted by atomic mass is 16.7. The average molecular weight is 205 g/mol. The van der Waals surface area contributed by atoms with Gasteiger partial charge in [0.05, 0.1) is 5.60 Å². The second-order valence-corrected chi connectivity index (χ2v) is 4.47. The van der Waals surface area contributed by atoms with Gasteiger partial charge in [0.25, 0.3) is 0 Å². The van der Waals surface area contributed by atoms with Gasteiger partial charge in [-0.2, -0.15) is 0 Å². The molecule has 4 nitrogen and oxygen atoms in total. The first-order valence-corrected chi connectivity index (χ1v) is 4.79. The van der Waals surface area contributed by atoms with E-state index in [-0.39, 0.29) is 5.41 Å². The van der Waals surface area contributed by atoms with Crippen LogP contribution in [0.25, 0.3) is 0 Å². The van der Waals surface area contributed by atoms with Crippen molar-refractivity contribution in [3.63, 3.8) is 0 Å². The second-order valence-electron chi connectivity index (χ2n) is 4.47. The molecule has 1 atom stereocenters. The van der Waals surface area contributed by atoms with Gasteiger partial charge in [-0.25, -0.2) is 0 Å². The maximum Gasteiger partial charge on any atom is 0.159 e. The standard InChI is InChI=1S/C10H23NO3/c1-9(2,7-11)10(3,12)6-8(13-4)14-5/h8,12H,6-7,11H2,1-5H3. The Bertz CT molecular complexity index is 165. The number of ether oxygens (including phenoxy) is 2. The Kier molecular flexibility index (Phi) is 5.01. The third kappa shape index (κ3) is 3.20. The molecule has 0 aliphatic rings. The maximum atomic E-state index is 10.2. The van der Waals surface area contributed by atoms with Crippen molar-refractivity contribution in [1.82, 2.24) is 0 Å². The van der Waals surface area contributed by atoms with Crippen LogP contribution >= 0.6 is 0 Å². The van der Waals surface area contributed by atoms with E-state index in [1.165, 1.54) is 0 Å². The lowest BCUT2D eigenvalue weighted by Gasteiger charge is -2.40. The third-order valence-electron chi connectivity index (χ3n) is 3.06. The summed E-state index contributed by atoms with van der Waals surface area (Å²) in [4.78, 5) is 0. The summed E-state index contributed by atoms with van der Waals surface area (Å²) in [6, 6.07) is 0. The zero-order valence-corrected chi connectivity index (χ0v) is 9.83. The fraction of sp³-hybridized carbons (Fsp3) is 1.00. The monoisotopic (exact) mass is 205 g/mol. The van der Waals surface area contributed by atoms with Crippen molar-refractivity contribution in [2.45, 2.75) is 39.1 Å². The molecule has 0 aliphatic heterocycles. The van der Waals surface area contributed by atoms with Gasteiger partial charge < -0.3 is 20.3 Å². The van der Waals surface area contributed by atoms with Crippen molar-refractivity contribution in [3.05, 3.63) is 0 Å². The van der Waals surface area contributed by atoms with Gasteiger partial charge in [0.1, 0.15) is 0 Å². The van der Waals surface area contributed by atoms with Crippen LogP contribution in [0.2, 0.25) is 0 Å². The highest BCUT2D eigenvalue weighted by Gasteiger charge is 2.40. The fourth-order valence-corrected chi connectivity index (χ4v) is 1.08. The van der Waals surface area contributed by atoms with Crippen molar-refractivity contribution >= 4 is 0 Å². The smallest absolute Gasteiger partial charge is 0.159 e. The van der Waals surface area contributed by atoms with Gasteiger partial charge >= 0.3 is 0 Å². The van der Waals surface area contributed by atoms with Crippen LogP contribution in [0, 0.1) is 5.41 Å². The van der Waals surface area contributed by atoms with Crippen LogP contribution in [0.4, 0.5) is 0 Å². The molecule has 3 N–H and O–H groups in total. The molecule has 0 aromatic carbocycles. The lowest BCUT2D eigenvalue weighted by Crippen LogP contribution is -2.49. The highest BCUT2D eigenvalue weighted by molar-refractivity contribution is 4.91. The van der Waals surface area contributed by atoms with Gasteiger partial charge in [0.2, 0.25) is 0 Å². The topological polar surface area (TPSA) is 64.7 Å². The SMILES string of the molecule is COC(CC(C)(O)C(C)(C)CN)OC. The summed E-state index contributed by atoms with van der Waals surface area (Å²) < 4.78 is 10.1. The Balaban J connectivity index is 4.46. The molecule has 0 heterocycles. The van der Waals surface area contributed by atoms with Crippen molar-refractivity contribution in [1.29, 1.82) is 0 Å². The number of aliphatic hydroxyl groups is 1. The molecule has 0 saturated heterocycles. The molecule has 0 fully saturated rings. The Morgan fingerprint density at radius 1 is 1.21 bits per heavy atom. The van der Waals surface area contributed by atoms with Gasteiger partial charge in [-0.3, -0.25) is 0 Å². The lowest BCUT2D eigenvalue weighted by atomic mass is 9.74. The quantitative estimate of drug-likeness (QED) is 0.627. The molecule has 0 aliphatic carbocycles. The van der Waals surface area contributed by atoms with E-state index in [2.05, 4.69) is 0 Å². The molecule has 14 heavy (non-hydrogen) atoms. The predicted octanol–water partition coefficient (Wildman–Crippen LogP) is 0.731. The van der Waals surface area contributed by atoms with E-state index in [9.17, 15) is 5.11 Å². The largest absolute Gasteiger partial charge is 0.389 e. The maximum absolute atomic E-state index is 10.2. The van der Waals surface area contributed by atoms with Crippen LogP contribution in [0.5, 0.6) is 0 Å². The van der Waals surface area contributed by atoms with Gasteiger partial charge in [-0.15, -0.1) is 0 Å². The van der Waals surface area contributed by atoms with Gasteiger partial charge in [-0.05, 0) is 6.92 Å². The Morgan fingerprint density at radius 3 is 1.93 bits per heavy atom. The molecule has 0 aromatic heterocycles. The summed E-state index contributed by atoms with van der Waals surface area (Å²) in [5.74, 6) is 0. The van der Waals surface area contributed by atoms with Crippen LogP contribution in [-0.4, -0.2) is 37.8 Å². The zero-order chi connectivity index (χ0) is 11.4. The summed E-state index contributed by atoms with van der Waals surface area (Å²) in [5, 5.41) is 10.2. The number of nitrogens with two attached hydrogens (primary N) is 1. The molecule has 1 unspecified atom stereocenters. The molecule has 0 rings (SSSR count). The minimum absolute atomic E-state index is 0.359. The number of methoxy groups -OCH3 is 2. The normalized spacial score (nSPS) is 17.1. The van der Waals surface area contributed by atoms with Gasteiger partial charge in [0, 0.05) is 32.6 Å². The first-order chi connectivity index (χ1) is 6.30. The number of hydrogen-bond acceptors (Lipinski definition) is 4. The first kappa shape index (κ1) is 13.8. The summed E-state index contributed by atoms with van der Waals surface area (Å²) >= 11 is 0. The highest BCUT2D eigenvalue weighted by Crippen LogP contribution is 2.33. The molecular weight excluding hydrogens is 182 g/mol. The van der Waals surface area contributed by atoms with Crippen LogP contribution in [0.3, 0.4) is 0 Å². The van der Waals surface area contributed by atoms with E-state index in [1.807, 2.05) is 13.8 Å². The van der Waals surface area contributed by atoms with Crippen molar-refractivity contribution in [2.75, 3.05) is 20.8 Å². The molecule has 4 heteroatoms. The van der Waals surface area contributed by atoms with E-state index in [4.69, 9.17) is 15.2 Å². The zero-order valence-electron chi connectivity index (χ0n) is 9.83. The molecule has 0 amide bonds. The van der Waals surface area contributed by atoms with E-state index >= 15 is 0 Å². The lowest BCUT2D eigenvalue weighted by molar-refractivity contribution is -0.163. The third-order valence-corrected chi connectivity index (χ3v) is 3.06. The van der Waals surface area contributed by atoms with E-state index in [0.717, 1.165) is 0 Å². The van der Waals surface area contributed by atoms with Crippen molar-refractivity contribution in [3.8, 4) is 0 Å². The average Bonchev–Trinajstić information content (AvgIpc) is 2.13. The van der Waals surface area contributed by atoms with E-state index in [0.29, 0.717) is 13.0 Å². The van der Waals surface area contributed by atoms with Gasteiger partial charge in [0.15, 0.2) is 6.29 Å². The Labute approximate surface area is 86.4 Å². The first-order valence-electron chi connectivity index (χ1n) is 4.79. The molecule has 86 valence electrons. The minimum Gasteiger partial charge on any atom is -0.389 e. The van der Waals surface area contributed by atoms with Crippen LogP contribution in [0.1, 0.15) is 27.2 Å². The van der Waals surface area contributed by atoms with E-state index < -0.39 is 11.9 Å². The van der Waals surface area contributed by atoms with Gasteiger partial charge in [-0.1, -0.05) is 13.8 Å². The Hall–Kier alpha value is -0.160. The number of hydrogen-bond donors (Lipinski definition) is 2. The van der Waals surface area contributed by atoms with Crippen LogP contribution in [-0.2, 0) is 9.47 Å². The van der Waals surface area contributed by atoms with Crippen LogP contribution in [0.15, 0.2) is 0 Å². The van der Waals surface area contributed by atoms with Crippen molar-refractivity contribution in [2.24, 2.45) is 11.1 Å². The summed E-state index contributed by atoms with van der Waals surface area (Å²) in [6.45, 7) is 6.02. The molecule has 0 spiro atoms. The molecule has 0 radical (unpaired) electrons.